The summed E-state index contributed by atoms with van der Waals surface area (Å²) in [5.41, 5.74) is 2.15. The molecule has 1 atom stereocenters. The molecule has 0 N–H and O–H groups in total. The average molecular weight is 248 g/mol. The zero-order valence-corrected chi connectivity index (χ0v) is 11.8. The summed E-state index contributed by atoms with van der Waals surface area (Å²) in [6, 6.07) is 0. The maximum Gasteiger partial charge on any atom is 0.334 e. The van der Waals surface area contributed by atoms with Crippen molar-refractivity contribution in [3.05, 3.63) is 36.0 Å². The number of carbonyl (C=O) groups excluding carboxylic acids is 1. The predicted molar refractivity (Wildman–Crippen MR) is 75.2 cm³/mol. The minimum absolute atomic E-state index is 0.0253. The molecular weight excluding hydrogens is 224 g/mol. The van der Waals surface area contributed by atoms with Gasteiger partial charge in [-0.3, -0.25) is 0 Å². The van der Waals surface area contributed by atoms with Crippen molar-refractivity contribution in [2.24, 2.45) is 5.41 Å². The summed E-state index contributed by atoms with van der Waals surface area (Å²) in [6.45, 7) is 10.3. The molecule has 0 aromatic carbocycles. The van der Waals surface area contributed by atoms with Crippen molar-refractivity contribution in [2.75, 3.05) is 6.61 Å². The van der Waals surface area contributed by atoms with E-state index >= 15 is 0 Å². The smallest absolute Gasteiger partial charge is 0.334 e. The number of ether oxygens (including phenoxy) is 1. The highest BCUT2D eigenvalue weighted by atomic mass is 16.5. The molecule has 0 aromatic rings. The van der Waals surface area contributed by atoms with Crippen molar-refractivity contribution < 1.29 is 9.53 Å². The highest BCUT2D eigenvalue weighted by Gasteiger charge is 2.36. The van der Waals surface area contributed by atoms with E-state index in [0.29, 0.717) is 6.61 Å². The van der Waals surface area contributed by atoms with Gasteiger partial charge in [-0.25, -0.2) is 4.79 Å². The fourth-order valence-corrected chi connectivity index (χ4v) is 2.47. The molecule has 0 aliphatic heterocycles. The fourth-order valence-electron chi connectivity index (χ4n) is 2.47. The molecule has 0 saturated carbocycles. The summed E-state index contributed by atoms with van der Waals surface area (Å²) < 4.78 is 5.14. The van der Waals surface area contributed by atoms with E-state index in [1.54, 1.807) is 0 Å². The predicted octanol–water partition coefficient (Wildman–Crippen LogP) is 4.19. The van der Waals surface area contributed by atoms with Gasteiger partial charge in [0.25, 0.3) is 0 Å². The summed E-state index contributed by atoms with van der Waals surface area (Å²) in [6.07, 6.45) is 9.91. The first-order valence-corrected chi connectivity index (χ1v) is 6.69. The maximum atomic E-state index is 11.9. The van der Waals surface area contributed by atoms with Crippen molar-refractivity contribution in [1.82, 2.24) is 0 Å². The number of hydrogen-bond acceptors (Lipinski definition) is 2. The van der Waals surface area contributed by atoms with Crippen LogP contribution in [0.3, 0.4) is 0 Å². The zero-order valence-electron chi connectivity index (χ0n) is 11.8. The standard InChI is InChI=1S/C16H24O2/c1-5-8-13(3)10-12-16(4)11-7-9-14(16)15(17)18-6-2/h5,8-9H,1,6-7,10-12H2,2-4H3/b13-8-. The number of allylic oxidation sites excluding steroid dienone is 4. The Morgan fingerprint density at radius 1 is 1.61 bits per heavy atom. The molecule has 100 valence electrons. The second kappa shape index (κ2) is 6.58. The lowest BCUT2D eigenvalue weighted by Gasteiger charge is -2.27. The molecule has 0 fully saturated rings. The first kappa shape index (κ1) is 14.7. The van der Waals surface area contributed by atoms with E-state index in [0.717, 1.165) is 31.3 Å². The molecule has 1 unspecified atom stereocenters. The molecule has 0 saturated heterocycles. The third-order valence-corrected chi connectivity index (χ3v) is 3.66. The van der Waals surface area contributed by atoms with Crippen LogP contribution in [-0.4, -0.2) is 12.6 Å². The molecular formula is C16H24O2. The van der Waals surface area contributed by atoms with Crippen LogP contribution in [0.25, 0.3) is 0 Å². The van der Waals surface area contributed by atoms with Gasteiger partial charge in [0.05, 0.1) is 6.61 Å². The lowest BCUT2D eigenvalue weighted by atomic mass is 9.78. The molecule has 1 aliphatic rings. The van der Waals surface area contributed by atoms with Crippen LogP contribution in [-0.2, 0) is 9.53 Å². The molecule has 0 bridgehead atoms. The van der Waals surface area contributed by atoms with Crippen molar-refractivity contribution in [2.45, 2.75) is 46.5 Å². The van der Waals surface area contributed by atoms with Crippen LogP contribution in [0.2, 0.25) is 0 Å². The van der Waals surface area contributed by atoms with Crippen LogP contribution in [0.15, 0.2) is 36.0 Å². The Hall–Kier alpha value is -1.31. The van der Waals surface area contributed by atoms with E-state index in [-0.39, 0.29) is 11.4 Å². The third kappa shape index (κ3) is 3.59. The van der Waals surface area contributed by atoms with Crippen LogP contribution in [0.1, 0.15) is 46.5 Å². The Labute approximate surface area is 110 Å². The van der Waals surface area contributed by atoms with Crippen LogP contribution in [0, 0.1) is 5.41 Å². The minimum atomic E-state index is -0.136. The maximum absolute atomic E-state index is 11.9. The number of carbonyl (C=O) groups is 1. The van der Waals surface area contributed by atoms with Crippen molar-refractivity contribution in [1.29, 1.82) is 0 Å². The average Bonchev–Trinajstić information content (AvgIpc) is 2.70. The summed E-state index contributed by atoms with van der Waals surface area (Å²) in [5, 5.41) is 0. The summed E-state index contributed by atoms with van der Waals surface area (Å²) in [5.74, 6) is -0.136. The molecule has 0 radical (unpaired) electrons. The molecule has 0 amide bonds. The second-order valence-electron chi connectivity index (χ2n) is 5.19. The molecule has 0 aromatic heterocycles. The lowest BCUT2D eigenvalue weighted by molar-refractivity contribution is -0.139. The second-order valence-corrected chi connectivity index (χ2v) is 5.19. The highest BCUT2D eigenvalue weighted by Crippen LogP contribution is 2.43. The number of esters is 1. The molecule has 0 spiro atoms. The van der Waals surface area contributed by atoms with Gasteiger partial charge in [0.15, 0.2) is 0 Å². The Morgan fingerprint density at radius 3 is 2.94 bits per heavy atom. The van der Waals surface area contributed by atoms with Gasteiger partial charge in [0, 0.05) is 5.57 Å². The van der Waals surface area contributed by atoms with Gasteiger partial charge in [-0.1, -0.05) is 37.3 Å². The van der Waals surface area contributed by atoms with E-state index in [9.17, 15) is 4.79 Å². The molecule has 1 rings (SSSR count). The summed E-state index contributed by atoms with van der Waals surface area (Å²) in [4.78, 5) is 11.9. The molecule has 2 nitrogen and oxygen atoms in total. The third-order valence-electron chi connectivity index (χ3n) is 3.66. The largest absolute Gasteiger partial charge is 0.463 e. The van der Waals surface area contributed by atoms with E-state index < -0.39 is 0 Å². The van der Waals surface area contributed by atoms with Gasteiger partial charge in [0.2, 0.25) is 0 Å². The molecule has 1 aliphatic carbocycles. The van der Waals surface area contributed by atoms with E-state index in [1.807, 2.05) is 25.2 Å². The van der Waals surface area contributed by atoms with Crippen molar-refractivity contribution in [3.63, 3.8) is 0 Å². The Morgan fingerprint density at radius 2 is 2.33 bits per heavy atom. The monoisotopic (exact) mass is 248 g/mol. The van der Waals surface area contributed by atoms with Gasteiger partial charge >= 0.3 is 5.97 Å². The zero-order chi connectivity index (χ0) is 13.6. The van der Waals surface area contributed by atoms with Gasteiger partial charge in [0.1, 0.15) is 0 Å². The van der Waals surface area contributed by atoms with Gasteiger partial charge in [-0.05, 0) is 44.9 Å². The topological polar surface area (TPSA) is 26.3 Å². The van der Waals surface area contributed by atoms with Gasteiger partial charge < -0.3 is 4.74 Å². The van der Waals surface area contributed by atoms with Crippen LogP contribution in [0.5, 0.6) is 0 Å². The fraction of sp³-hybridized carbons (Fsp3) is 0.562. The first-order valence-electron chi connectivity index (χ1n) is 6.69. The minimum Gasteiger partial charge on any atom is -0.463 e. The first-order chi connectivity index (χ1) is 8.53. The van der Waals surface area contributed by atoms with Crippen molar-refractivity contribution in [3.8, 4) is 0 Å². The molecule has 2 heteroatoms. The number of hydrogen-bond donors (Lipinski definition) is 0. The highest BCUT2D eigenvalue weighted by molar-refractivity contribution is 5.90. The Bertz CT molecular complexity index is 377. The van der Waals surface area contributed by atoms with Crippen molar-refractivity contribution >= 4 is 5.97 Å². The van der Waals surface area contributed by atoms with E-state index in [4.69, 9.17) is 4.74 Å². The van der Waals surface area contributed by atoms with E-state index in [1.165, 1.54) is 5.57 Å². The van der Waals surface area contributed by atoms with Gasteiger partial charge in [-0.15, -0.1) is 0 Å². The van der Waals surface area contributed by atoms with Crippen LogP contribution < -0.4 is 0 Å². The van der Waals surface area contributed by atoms with Gasteiger partial charge in [-0.2, -0.15) is 0 Å². The van der Waals surface area contributed by atoms with E-state index in [2.05, 4.69) is 20.4 Å². The van der Waals surface area contributed by atoms with Crippen LogP contribution in [0.4, 0.5) is 0 Å². The molecule has 0 heterocycles. The molecule has 18 heavy (non-hydrogen) atoms. The lowest BCUT2D eigenvalue weighted by Crippen LogP contribution is -2.23. The summed E-state index contributed by atoms with van der Waals surface area (Å²) in [7, 11) is 0. The Kier molecular flexibility index (Phi) is 5.39. The normalized spacial score (nSPS) is 23.7. The summed E-state index contributed by atoms with van der Waals surface area (Å²) >= 11 is 0. The Balaban J connectivity index is 2.68. The number of rotatable bonds is 6. The SMILES string of the molecule is C=C/C=C(/C)CCC1(C)CCC=C1C(=O)OCC. The van der Waals surface area contributed by atoms with Crippen LogP contribution >= 0.6 is 0 Å². The quantitative estimate of drug-likeness (QED) is 0.520.